The molecule has 0 amide bonds. The van der Waals surface area contributed by atoms with Crippen LogP contribution in [-0.2, 0) is 36.1 Å². The average Bonchev–Trinajstić information content (AvgIpc) is 2.86. The van der Waals surface area contributed by atoms with Crippen LogP contribution < -0.4 is 11.4 Å². The molecule has 0 radical (unpaired) electrons. The number of hydrogen-bond donors (Lipinski definition) is 6. The topological polar surface area (TPSA) is 259 Å². The second-order valence-corrected chi connectivity index (χ2v) is 10.5. The lowest BCUT2D eigenvalue weighted by Gasteiger charge is -2.20. The third kappa shape index (κ3) is 7.23. The average molecular weight is 511 g/mol. The summed E-state index contributed by atoms with van der Waals surface area (Å²) < 4.78 is 57.1. The van der Waals surface area contributed by atoms with Crippen LogP contribution >= 0.6 is 23.5 Å². The molecule has 0 saturated carbocycles. The number of phosphoric ester groups is 2. The van der Waals surface area contributed by atoms with Crippen LogP contribution in [0.5, 0.6) is 0 Å². The van der Waals surface area contributed by atoms with Gasteiger partial charge in [-0.15, -0.1) is 0 Å². The smallest absolute Gasteiger partial charge is 0.387 e. The van der Waals surface area contributed by atoms with Crippen molar-refractivity contribution in [1.82, 2.24) is 9.55 Å². The van der Waals surface area contributed by atoms with Crippen molar-refractivity contribution in [2.75, 3.05) is 18.9 Å². The number of nitrogen functional groups attached to an aromatic ring is 1. The van der Waals surface area contributed by atoms with E-state index in [1.807, 2.05) is 0 Å². The maximum absolute atomic E-state index is 11.9. The summed E-state index contributed by atoms with van der Waals surface area (Å²) in [6.07, 6.45) is -5.29. The summed E-state index contributed by atoms with van der Waals surface area (Å²) >= 11 is 0. The van der Waals surface area contributed by atoms with Crippen molar-refractivity contribution < 1.29 is 61.0 Å². The van der Waals surface area contributed by atoms with Crippen molar-refractivity contribution in [2.45, 2.75) is 31.5 Å². The van der Waals surface area contributed by atoms with E-state index in [1.165, 1.54) is 13.0 Å². The fraction of sp³-hybridized carbons (Fsp3) is 0.636. The Hall–Kier alpha value is -1.03. The Balaban J connectivity index is 2.03. The van der Waals surface area contributed by atoms with Gasteiger partial charge in [-0.1, -0.05) is 0 Å². The van der Waals surface area contributed by atoms with Crippen LogP contribution in [-0.4, -0.2) is 66.0 Å². The van der Waals surface area contributed by atoms with Crippen LogP contribution in [0.15, 0.2) is 17.1 Å². The summed E-state index contributed by atoms with van der Waals surface area (Å²) in [5.41, 5.74) is 4.43. The van der Waals surface area contributed by atoms with Gasteiger partial charge in [0.1, 0.15) is 24.1 Å². The number of aromatic nitrogens is 2. The molecule has 2 heterocycles. The maximum Gasteiger partial charge on any atom is 0.490 e. The Morgan fingerprint density at radius 3 is 2.23 bits per heavy atom. The molecule has 0 spiro atoms. The Kier molecular flexibility index (Phi) is 8.33. The number of nitrogens with two attached hydrogens (primary N) is 1. The molecule has 0 aliphatic carbocycles. The van der Waals surface area contributed by atoms with Gasteiger partial charge >= 0.3 is 29.2 Å². The van der Waals surface area contributed by atoms with Crippen LogP contribution in [0.1, 0.15) is 13.2 Å². The lowest BCUT2D eigenvalue weighted by atomic mass is 10.1. The highest BCUT2D eigenvalue weighted by Crippen LogP contribution is 2.67. The Morgan fingerprint density at radius 1 is 1.10 bits per heavy atom. The van der Waals surface area contributed by atoms with Crippen molar-refractivity contribution in [3.05, 3.63) is 22.7 Å². The number of rotatable bonds is 10. The standard InChI is InChI=1S/C11H20N3O14P3/c1-2-24-29(18,19)27-31(22,23)28-30(20,21)25-5-6-8(15)9(16)10(26-6)14-4-3-7(12)13-11(14)17/h3-4,6,8-10,15-16H,2,5H2,1H3,(H,18,19)(H,20,21)(H,22,23)(H2,12,13,17)/t6-,8-,9-,10-/m1/s1. The lowest BCUT2D eigenvalue weighted by molar-refractivity contribution is -0.0541. The van der Waals surface area contributed by atoms with Crippen LogP contribution in [0.2, 0.25) is 0 Å². The summed E-state index contributed by atoms with van der Waals surface area (Å²) in [7, 11) is -16.1. The van der Waals surface area contributed by atoms with Crippen molar-refractivity contribution in [2.24, 2.45) is 0 Å². The number of hydrogen-bond acceptors (Lipinski definition) is 13. The largest absolute Gasteiger partial charge is 0.490 e. The highest BCUT2D eigenvalue weighted by Gasteiger charge is 2.47. The van der Waals surface area contributed by atoms with Gasteiger partial charge in [0.05, 0.1) is 13.2 Å². The van der Waals surface area contributed by atoms with E-state index in [4.69, 9.17) is 15.4 Å². The fourth-order valence-electron chi connectivity index (χ4n) is 2.37. The fourth-order valence-corrected chi connectivity index (χ4v) is 5.88. The van der Waals surface area contributed by atoms with Gasteiger partial charge in [0, 0.05) is 6.20 Å². The normalized spacial score (nSPS) is 29.7. The predicted octanol–water partition coefficient (Wildman–Crippen LogP) is -1.17. The predicted molar refractivity (Wildman–Crippen MR) is 98.1 cm³/mol. The molecule has 17 nitrogen and oxygen atoms in total. The van der Waals surface area contributed by atoms with Gasteiger partial charge in [-0.05, 0) is 13.0 Å². The van der Waals surface area contributed by atoms with Crippen LogP contribution in [0, 0.1) is 0 Å². The molecule has 2 rings (SSSR count). The minimum Gasteiger partial charge on any atom is -0.387 e. The monoisotopic (exact) mass is 511 g/mol. The first-order valence-corrected chi connectivity index (χ1v) is 12.7. The van der Waals surface area contributed by atoms with Gasteiger partial charge in [-0.2, -0.15) is 13.6 Å². The molecule has 3 unspecified atom stereocenters. The zero-order valence-corrected chi connectivity index (χ0v) is 18.3. The third-order valence-electron chi connectivity index (χ3n) is 3.57. The molecule has 1 aliphatic heterocycles. The van der Waals surface area contributed by atoms with Gasteiger partial charge in [-0.3, -0.25) is 13.6 Å². The van der Waals surface area contributed by atoms with Crippen LogP contribution in [0.3, 0.4) is 0 Å². The van der Waals surface area contributed by atoms with Gasteiger partial charge < -0.3 is 35.4 Å². The van der Waals surface area contributed by atoms with E-state index in [9.17, 15) is 38.5 Å². The summed E-state index contributed by atoms with van der Waals surface area (Å²) in [4.78, 5) is 43.3. The van der Waals surface area contributed by atoms with E-state index in [0.717, 1.165) is 10.8 Å². The molecule has 178 valence electrons. The highest BCUT2D eigenvalue weighted by atomic mass is 31.3. The first-order chi connectivity index (χ1) is 14.2. The minimum atomic E-state index is -5.62. The molecule has 1 aromatic heterocycles. The molecule has 31 heavy (non-hydrogen) atoms. The maximum atomic E-state index is 11.9. The molecule has 1 fully saturated rings. The van der Waals surface area contributed by atoms with Gasteiger partial charge in [0.15, 0.2) is 6.23 Å². The van der Waals surface area contributed by atoms with Crippen molar-refractivity contribution in [1.29, 1.82) is 0 Å². The third-order valence-corrected chi connectivity index (χ3v) is 7.93. The number of aliphatic hydroxyl groups is 2. The molecular formula is C11H20N3O14P3. The summed E-state index contributed by atoms with van der Waals surface area (Å²) in [5.74, 6) is -0.111. The molecule has 1 aliphatic rings. The van der Waals surface area contributed by atoms with E-state index >= 15 is 0 Å². The molecule has 0 aromatic carbocycles. The molecule has 0 bridgehead atoms. The Morgan fingerprint density at radius 2 is 1.68 bits per heavy atom. The van der Waals surface area contributed by atoms with E-state index in [1.54, 1.807) is 0 Å². The Bertz CT molecular complexity index is 986. The molecule has 1 saturated heterocycles. The number of phosphoric acid groups is 3. The van der Waals surface area contributed by atoms with E-state index in [2.05, 4.69) is 22.7 Å². The molecule has 7 atom stereocenters. The number of nitrogens with zero attached hydrogens (tertiary/aromatic N) is 2. The van der Waals surface area contributed by atoms with Crippen LogP contribution in [0.4, 0.5) is 5.82 Å². The van der Waals surface area contributed by atoms with E-state index < -0.39 is 66.9 Å². The van der Waals surface area contributed by atoms with Gasteiger partial charge in [0.2, 0.25) is 0 Å². The van der Waals surface area contributed by atoms with E-state index in [0.29, 0.717) is 0 Å². The molecular weight excluding hydrogens is 491 g/mol. The van der Waals surface area contributed by atoms with Gasteiger partial charge in [0.25, 0.3) is 0 Å². The summed E-state index contributed by atoms with van der Waals surface area (Å²) in [5, 5.41) is 20.1. The molecule has 20 heteroatoms. The van der Waals surface area contributed by atoms with Crippen molar-refractivity contribution >= 4 is 29.3 Å². The first kappa shape index (κ1) is 26.2. The Labute approximate surface area is 173 Å². The summed E-state index contributed by atoms with van der Waals surface area (Å²) in [6.45, 7) is -0.117. The highest BCUT2D eigenvalue weighted by molar-refractivity contribution is 7.66. The number of aliphatic hydroxyl groups excluding tert-OH is 2. The lowest BCUT2D eigenvalue weighted by Crippen LogP contribution is -2.36. The van der Waals surface area contributed by atoms with E-state index in [-0.39, 0.29) is 5.82 Å². The quantitative estimate of drug-likeness (QED) is 0.202. The molecule has 7 N–H and O–H groups in total. The zero-order chi connectivity index (χ0) is 23.6. The number of anilines is 1. The van der Waals surface area contributed by atoms with Crippen molar-refractivity contribution in [3.8, 4) is 0 Å². The minimum absolute atomic E-state index is 0.111. The molecule has 1 aromatic rings. The summed E-state index contributed by atoms with van der Waals surface area (Å²) in [6, 6.07) is 1.21. The van der Waals surface area contributed by atoms with Crippen molar-refractivity contribution in [3.63, 3.8) is 0 Å². The zero-order valence-electron chi connectivity index (χ0n) is 15.6. The second-order valence-electron chi connectivity index (χ2n) is 5.87. The second kappa shape index (κ2) is 9.85. The SMILES string of the molecule is CCOP(=O)(O)OP(=O)(O)OP(=O)(O)OC[C@H]1O[C@@H](n2ccc(N)nc2=O)[C@H](O)[C@@H]1O. The van der Waals surface area contributed by atoms with Gasteiger partial charge in [-0.25, -0.2) is 18.5 Å². The van der Waals surface area contributed by atoms with Crippen LogP contribution in [0.25, 0.3) is 0 Å². The first-order valence-electron chi connectivity index (χ1n) is 8.23. The number of ether oxygens (including phenoxy) is 1.